The minimum absolute atomic E-state index is 0.208. The maximum absolute atomic E-state index is 13.1. The lowest BCUT2D eigenvalue weighted by atomic mass is 10.1. The molecule has 5 nitrogen and oxygen atoms in total. The maximum Gasteiger partial charge on any atom is 0.222 e. The molecule has 0 aliphatic carbocycles. The molecule has 0 radical (unpaired) electrons. The fourth-order valence-corrected chi connectivity index (χ4v) is 3.94. The summed E-state index contributed by atoms with van der Waals surface area (Å²) in [5.41, 5.74) is 3.31. The summed E-state index contributed by atoms with van der Waals surface area (Å²) in [6.45, 7) is 3.41. The van der Waals surface area contributed by atoms with Crippen molar-refractivity contribution in [3.63, 3.8) is 0 Å². The number of amides is 1. The number of rotatable bonds is 12. The van der Waals surface area contributed by atoms with E-state index in [9.17, 15) is 4.79 Å². The molecule has 1 N–H and O–H groups in total. The van der Waals surface area contributed by atoms with Crippen molar-refractivity contribution in [3.8, 4) is 11.5 Å². The van der Waals surface area contributed by atoms with Crippen LogP contribution in [0.5, 0.6) is 11.5 Å². The SMILES string of the molecule is CCCCCCC(=O)N(CCc1c[nH]c2ccc(OC)cc12)Cc1ccccc1OC. The van der Waals surface area contributed by atoms with Crippen molar-refractivity contribution < 1.29 is 14.3 Å². The zero-order valence-electron chi connectivity index (χ0n) is 18.9. The molecule has 2 aromatic carbocycles. The summed E-state index contributed by atoms with van der Waals surface area (Å²) < 4.78 is 10.9. The number of benzene rings is 2. The van der Waals surface area contributed by atoms with Crippen molar-refractivity contribution in [2.24, 2.45) is 0 Å². The van der Waals surface area contributed by atoms with E-state index in [1.54, 1.807) is 14.2 Å². The van der Waals surface area contributed by atoms with E-state index in [0.717, 1.165) is 47.2 Å². The third-order valence-electron chi connectivity index (χ3n) is 5.78. The molecule has 1 aromatic heterocycles. The molecule has 0 atom stereocenters. The van der Waals surface area contributed by atoms with Crippen molar-refractivity contribution in [2.75, 3.05) is 20.8 Å². The van der Waals surface area contributed by atoms with Gasteiger partial charge in [0.2, 0.25) is 5.91 Å². The molecule has 0 saturated heterocycles. The molecule has 3 aromatic rings. The van der Waals surface area contributed by atoms with Crippen LogP contribution in [0.1, 0.15) is 50.2 Å². The molecule has 0 aliphatic heterocycles. The van der Waals surface area contributed by atoms with Gasteiger partial charge in [0.15, 0.2) is 0 Å². The van der Waals surface area contributed by atoms with Crippen molar-refractivity contribution >= 4 is 16.8 Å². The Kier molecular flexibility index (Phi) is 8.39. The number of para-hydroxylation sites is 1. The fourth-order valence-electron chi connectivity index (χ4n) is 3.94. The third kappa shape index (κ3) is 6.03. The smallest absolute Gasteiger partial charge is 0.222 e. The molecule has 31 heavy (non-hydrogen) atoms. The van der Waals surface area contributed by atoms with E-state index in [-0.39, 0.29) is 5.91 Å². The van der Waals surface area contributed by atoms with Crippen molar-refractivity contribution in [3.05, 3.63) is 59.8 Å². The largest absolute Gasteiger partial charge is 0.497 e. The second-order valence-electron chi connectivity index (χ2n) is 7.91. The zero-order chi connectivity index (χ0) is 22.1. The molecule has 0 saturated carbocycles. The third-order valence-corrected chi connectivity index (χ3v) is 5.78. The predicted octanol–water partition coefficient (Wildman–Crippen LogP) is 5.73. The summed E-state index contributed by atoms with van der Waals surface area (Å²) in [4.78, 5) is 18.4. The Bertz CT molecular complexity index is 980. The highest BCUT2D eigenvalue weighted by Crippen LogP contribution is 2.25. The first-order chi connectivity index (χ1) is 15.2. The average Bonchev–Trinajstić information content (AvgIpc) is 3.21. The Labute approximate surface area is 185 Å². The van der Waals surface area contributed by atoms with Crippen LogP contribution in [0.3, 0.4) is 0 Å². The Morgan fingerprint density at radius 3 is 2.61 bits per heavy atom. The van der Waals surface area contributed by atoms with Crippen LogP contribution in [0.4, 0.5) is 0 Å². The first-order valence-corrected chi connectivity index (χ1v) is 11.2. The molecule has 1 heterocycles. The number of aromatic nitrogens is 1. The second-order valence-corrected chi connectivity index (χ2v) is 7.91. The molecule has 3 rings (SSSR count). The van der Waals surface area contributed by atoms with Crippen LogP contribution in [0.15, 0.2) is 48.7 Å². The van der Waals surface area contributed by atoms with Crippen LogP contribution in [0.2, 0.25) is 0 Å². The number of ether oxygens (including phenoxy) is 2. The standard InChI is InChI=1S/C26H34N2O3/c1-4-5-6-7-12-26(29)28(19-21-10-8-9-11-25(21)31-3)16-15-20-18-27-24-14-13-22(30-2)17-23(20)24/h8-11,13-14,17-18,27H,4-7,12,15-16,19H2,1-3H3. The van der Waals surface area contributed by atoms with Gasteiger partial charge in [-0.3, -0.25) is 4.79 Å². The van der Waals surface area contributed by atoms with Crippen molar-refractivity contribution in [1.29, 1.82) is 0 Å². The summed E-state index contributed by atoms with van der Waals surface area (Å²) in [6, 6.07) is 14.0. The number of hydrogen-bond donors (Lipinski definition) is 1. The van der Waals surface area contributed by atoms with Crippen LogP contribution in [-0.4, -0.2) is 36.6 Å². The van der Waals surface area contributed by atoms with Crippen LogP contribution in [0.25, 0.3) is 10.9 Å². The number of carbonyl (C=O) groups is 1. The molecule has 166 valence electrons. The van der Waals surface area contributed by atoms with Gasteiger partial charge < -0.3 is 19.4 Å². The highest BCUT2D eigenvalue weighted by atomic mass is 16.5. The van der Waals surface area contributed by atoms with Crippen molar-refractivity contribution in [2.45, 2.75) is 52.0 Å². The molecule has 0 bridgehead atoms. The van der Waals surface area contributed by atoms with Gasteiger partial charge in [0.25, 0.3) is 0 Å². The lowest BCUT2D eigenvalue weighted by molar-refractivity contribution is -0.131. The number of aromatic amines is 1. The highest BCUT2D eigenvalue weighted by Gasteiger charge is 2.17. The molecule has 0 aliphatic rings. The van der Waals surface area contributed by atoms with E-state index in [1.807, 2.05) is 47.5 Å². The van der Waals surface area contributed by atoms with E-state index in [4.69, 9.17) is 9.47 Å². The lowest BCUT2D eigenvalue weighted by Crippen LogP contribution is -2.32. The molecule has 5 heteroatoms. The van der Waals surface area contributed by atoms with Gasteiger partial charge in [-0.15, -0.1) is 0 Å². The van der Waals surface area contributed by atoms with Crippen LogP contribution < -0.4 is 9.47 Å². The van der Waals surface area contributed by atoms with Gasteiger partial charge in [0, 0.05) is 42.2 Å². The second kappa shape index (κ2) is 11.4. The number of nitrogens with zero attached hydrogens (tertiary/aromatic N) is 1. The number of H-pyrrole nitrogens is 1. The summed E-state index contributed by atoms with van der Waals surface area (Å²) in [7, 11) is 3.36. The van der Waals surface area contributed by atoms with Crippen LogP contribution >= 0.6 is 0 Å². The lowest BCUT2D eigenvalue weighted by Gasteiger charge is -2.24. The number of methoxy groups -OCH3 is 2. The summed E-state index contributed by atoms with van der Waals surface area (Å²) in [5.74, 6) is 1.87. The fraction of sp³-hybridized carbons (Fsp3) is 0.423. The highest BCUT2D eigenvalue weighted by molar-refractivity contribution is 5.84. The maximum atomic E-state index is 13.1. The van der Waals surface area contributed by atoms with Gasteiger partial charge in [0.05, 0.1) is 14.2 Å². The summed E-state index contributed by atoms with van der Waals surface area (Å²) in [6.07, 6.45) is 7.81. The monoisotopic (exact) mass is 422 g/mol. The molecule has 1 amide bonds. The van der Waals surface area contributed by atoms with E-state index in [1.165, 1.54) is 18.4 Å². The molecular weight excluding hydrogens is 388 g/mol. The minimum Gasteiger partial charge on any atom is -0.497 e. The van der Waals surface area contributed by atoms with Crippen LogP contribution in [0, 0.1) is 0 Å². The molecular formula is C26H34N2O3. The number of hydrogen-bond acceptors (Lipinski definition) is 3. The molecule has 0 fully saturated rings. The van der Waals surface area contributed by atoms with E-state index >= 15 is 0 Å². The number of carbonyl (C=O) groups excluding carboxylic acids is 1. The normalized spacial score (nSPS) is 10.9. The Hall–Kier alpha value is -2.95. The Morgan fingerprint density at radius 2 is 1.84 bits per heavy atom. The topological polar surface area (TPSA) is 54.6 Å². The first kappa shape index (κ1) is 22.7. The van der Waals surface area contributed by atoms with Crippen molar-refractivity contribution in [1.82, 2.24) is 9.88 Å². The zero-order valence-corrected chi connectivity index (χ0v) is 18.9. The molecule has 0 unspecified atom stereocenters. The van der Waals surface area contributed by atoms with Gasteiger partial charge in [-0.1, -0.05) is 44.4 Å². The minimum atomic E-state index is 0.208. The van der Waals surface area contributed by atoms with Gasteiger partial charge in [0.1, 0.15) is 11.5 Å². The Balaban J connectivity index is 1.75. The number of nitrogens with one attached hydrogen (secondary N) is 1. The first-order valence-electron chi connectivity index (χ1n) is 11.2. The van der Waals surface area contributed by atoms with Gasteiger partial charge in [-0.2, -0.15) is 0 Å². The van der Waals surface area contributed by atoms with Gasteiger partial charge in [-0.25, -0.2) is 0 Å². The van der Waals surface area contributed by atoms with E-state index in [2.05, 4.69) is 18.0 Å². The van der Waals surface area contributed by atoms with Crippen LogP contribution in [-0.2, 0) is 17.8 Å². The van der Waals surface area contributed by atoms with Gasteiger partial charge >= 0.3 is 0 Å². The Morgan fingerprint density at radius 1 is 1.00 bits per heavy atom. The number of fused-ring (bicyclic) bond motifs is 1. The van der Waals surface area contributed by atoms with E-state index in [0.29, 0.717) is 19.5 Å². The number of unbranched alkanes of at least 4 members (excludes halogenated alkanes) is 3. The quantitative estimate of drug-likeness (QED) is 0.379. The van der Waals surface area contributed by atoms with Gasteiger partial charge in [-0.05, 0) is 42.7 Å². The summed E-state index contributed by atoms with van der Waals surface area (Å²) in [5, 5.41) is 1.15. The molecule has 0 spiro atoms. The summed E-state index contributed by atoms with van der Waals surface area (Å²) >= 11 is 0. The average molecular weight is 423 g/mol. The predicted molar refractivity (Wildman–Crippen MR) is 126 cm³/mol. The van der Waals surface area contributed by atoms with E-state index < -0.39 is 0 Å².